The van der Waals surface area contributed by atoms with E-state index in [0.29, 0.717) is 0 Å². The van der Waals surface area contributed by atoms with Gasteiger partial charge in [-0.2, -0.15) is 13.2 Å². The van der Waals surface area contributed by atoms with Crippen molar-refractivity contribution in [3.63, 3.8) is 0 Å². The largest absolute Gasteiger partial charge is 0.496 e. The maximum atomic E-state index is 14.3. The van der Waals surface area contributed by atoms with E-state index in [1.807, 2.05) is 0 Å². The molecule has 0 spiro atoms. The van der Waals surface area contributed by atoms with E-state index < -0.39 is 35.7 Å². The molecule has 1 aliphatic rings. The fraction of sp³-hybridized carbons (Fsp3) is 0.438. The molecule has 1 unspecified atom stereocenters. The first kappa shape index (κ1) is 18.1. The Kier molecular flexibility index (Phi) is 4.77. The molecule has 1 atom stereocenters. The monoisotopic (exact) mass is 348 g/mol. The van der Waals surface area contributed by atoms with Crippen LogP contribution in [0.1, 0.15) is 25.8 Å². The number of hydrogen-bond donors (Lipinski definition) is 0. The van der Waals surface area contributed by atoms with Gasteiger partial charge in [-0.3, -0.25) is 0 Å². The third-order valence-electron chi connectivity index (χ3n) is 3.67. The maximum absolute atomic E-state index is 14.3. The number of rotatable bonds is 4. The fourth-order valence-corrected chi connectivity index (χ4v) is 2.43. The van der Waals surface area contributed by atoms with Crippen LogP contribution in [-0.4, -0.2) is 31.5 Å². The van der Waals surface area contributed by atoms with Crippen molar-refractivity contribution in [2.75, 3.05) is 13.7 Å². The lowest BCUT2D eigenvalue weighted by Crippen LogP contribution is -2.42. The molecule has 24 heavy (non-hydrogen) atoms. The zero-order valence-electron chi connectivity index (χ0n) is 13.3. The summed E-state index contributed by atoms with van der Waals surface area (Å²) in [6.07, 6.45) is -5.49. The Balaban J connectivity index is 2.62. The van der Waals surface area contributed by atoms with Crippen LogP contribution >= 0.6 is 0 Å². The second kappa shape index (κ2) is 6.33. The lowest BCUT2D eigenvalue weighted by atomic mass is 9.92. The average molecular weight is 348 g/mol. The van der Waals surface area contributed by atoms with Gasteiger partial charge in [0.15, 0.2) is 0 Å². The standard InChI is InChI=1S/C16H16F4O4/c1-4-23-14(21)13-9(8-15(2,24-13)16(18,19)20)12-10(17)6-5-7-11(12)22-3/h5-7H,4,8H2,1-3H3. The Morgan fingerprint density at radius 2 is 2.04 bits per heavy atom. The second-order valence-electron chi connectivity index (χ2n) is 5.35. The van der Waals surface area contributed by atoms with Gasteiger partial charge in [-0.15, -0.1) is 0 Å². The molecule has 0 saturated carbocycles. The number of esters is 1. The Morgan fingerprint density at radius 3 is 2.58 bits per heavy atom. The molecule has 0 amide bonds. The van der Waals surface area contributed by atoms with E-state index in [9.17, 15) is 22.4 Å². The van der Waals surface area contributed by atoms with Gasteiger partial charge in [-0.05, 0) is 26.0 Å². The second-order valence-corrected chi connectivity index (χ2v) is 5.35. The summed E-state index contributed by atoms with van der Waals surface area (Å²) in [5.41, 5.74) is -3.13. The third-order valence-corrected chi connectivity index (χ3v) is 3.67. The lowest BCUT2D eigenvalue weighted by Gasteiger charge is -2.27. The zero-order chi connectivity index (χ0) is 18.1. The first-order chi connectivity index (χ1) is 11.1. The van der Waals surface area contributed by atoms with Crippen molar-refractivity contribution in [1.29, 1.82) is 0 Å². The molecule has 1 heterocycles. The number of ether oxygens (including phenoxy) is 3. The molecule has 0 saturated heterocycles. The smallest absolute Gasteiger partial charge is 0.428 e. The molecule has 1 aliphatic heterocycles. The van der Waals surface area contributed by atoms with Gasteiger partial charge in [0.05, 0.1) is 19.3 Å². The predicted molar refractivity (Wildman–Crippen MR) is 76.7 cm³/mol. The molecule has 0 bridgehead atoms. The zero-order valence-corrected chi connectivity index (χ0v) is 13.3. The quantitative estimate of drug-likeness (QED) is 0.612. The van der Waals surface area contributed by atoms with Crippen molar-refractivity contribution in [2.45, 2.75) is 32.0 Å². The van der Waals surface area contributed by atoms with Crippen LogP contribution in [0.5, 0.6) is 5.75 Å². The van der Waals surface area contributed by atoms with Crippen LogP contribution in [0, 0.1) is 5.82 Å². The topological polar surface area (TPSA) is 44.8 Å². The van der Waals surface area contributed by atoms with Crippen molar-refractivity contribution in [1.82, 2.24) is 0 Å². The Morgan fingerprint density at radius 1 is 1.38 bits per heavy atom. The van der Waals surface area contributed by atoms with E-state index in [1.54, 1.807) is 0 Å². The van der Waals surface area contributed by atoms with Gasteiger partial charge in [0, 0.05) is 12.0 Å². The van der Waals surface area contributed by atoms with Gasteiger partial charge < -0.3 is 14.2 Å². The fourth-order valence-electron chi connectivity index (χ4n) is 2.43. The molecular formula is C16H16F4O4. The molecule has 0 N–H and O–H groups in total. The van der Waals surface area contributed by atoms with Crippen LogP contribution in [0.25, 0.3) is 5.57 Å². The van der Waals surface area contributed by atoms with Crippen LogP contribution < -0.4 is 4.74 Å². The van der Waals surface area contributed by atoms with E-state index in [4.69, 9.17) is 14.2 Å². The summed E-state index contributed by atoms with van der Waals surface area (Å²) in [6, 6.07) is 3.80. The van der Waals surface area contributed by atoms with Crippen LogP contribution in [-0.2, 0) is 14.3 Å². The first-order valence-electron chi connectivity index (χ1n) is 7.13. The summed E-state index contributed by atoms with van der Waals surface area (Å²) in [4.78, 5) is 12.0. The van der Waals surface area contributed by atoms with Crippen LogP contribution in [0.3, 0.4) is 0 Å². The van der Waals surface area contributed by atoms with E-state index in [-0.39, 0.29) is 23.5 Å². The van der Waals surface area contributed by atoms with Crippen molar-refractivity contribution in [3.8, 4) is 5.75 Å². The van der Waals surface area contributed by atoms with E-state index in [2.05, 4.69) is 0 Å². The van der Waals surface area contributed by atoms with Crippen LogP contribution in [0.2, 0.25) is 0 Å². The maximum Gasteiger partial charge on any atom is 0.428 e. The van der Waals surface area contributed by atoms with Gasteiger partial charge >= 0.3 is 12.1 Å². The van der Waals surface area contributed by atoms with E-state index in [1.165, 1.54) is 26.2 Å². The molecule has 132 valence electrons. The molecule has 0 fully saturated rings. The van der Waals surface area contributed by atoms with E-state index in [0.717, 1.165) is 13.0 Å². The highest BCUT2D eigenvalue weighted by Crippen LogP contribution is 2.50. The molecule has 4 nitrogen and oxygen atoms in total. The SMILES string of the molecule is CCOC(=O)C1=C(c2c(F)cccc2OC)CC(C)(C(F)(F)F)O1. The summed E-state index contributed by atoms with van der Waals surface area (Å²) in [7, 11) is 1.25. The van der Waals surface area contributed by atoms with Crippen LogP contribution in [0.15, 0.2) is 24.0 Å². The number of hydrogen-bond acceptors (Lipinski definition) is 4. The minimum Gasteiger partial charge on any atom is -0.496 e. The molecule has 1 aromatic rings. The summed E-state index contributed by atoms with van der Waals surface area (Å²) >= 11 is 0. The minimum atomic E-state index is -4.76. The Labute approximate surface area is 136 Å². The van der Waals surface area contributed by atoms with Gasteiger partial charge in [0.25, 0.3) is 0 Å². The van der Waals surface area contributed by atoms with E-state index >= 15 is 0 Å². The minimum absolute atomic E-state index is 0.00169. The van der Waals surface area contributed by atoms with Gasteiger partial charge in [0.2, 0.25) is 11.4 Å². The number of halogens is 4. The summed E-state index contributed by atoms with van der Waals surface area (Å²) in [6.45, 7) is 2.24. The molecule has 1 aromatic carbocycles. The molecular weight excluding hydrogens is 332 g/mol. The van der Waals surface area contributed by atoms with Crippen molar-refractivity contribution >= 4 is 11.5 Å². The first-order valence-corrected chi connectivity index (χ1v) is 7.13. The summed E-state index contributed by atoms with van der Waals surface area (Å²) in [5, 5.41) is 0. The molecule has 0 radical (unpaired) electrons. The number of benzene rings is 1. The predicted octanol–water partition coefficient (Wildman–Crippen LogP) is 3.85. The average Bonchev–Trinajstić information content (AvgIpc) is 2.86. The number of methoxy groups -OCH3 is 1. The lowest BCUT2D eigenvalue weighted by molar-refractivity contribution is -0.251. The van der Waals surface area contributed by atoms with Gasteiger partial charge in [-0.1, -0.05) is 6.07 Å². The van der Waals surface area contributed by atoms with Gasteiger partial charge in [0.1, 0.15) is 11.6 Å². The van der Waals surface area contributed by atoms with Crippen molar-refractivity contribution in [2.24, 2.45) is 0 Å². The highest BCUT2D eigenvalue weighted by Gasteiger charge is 2.59. The highest BCUT2D eigenvalue weighted by molar-refractivity contribution is 5.98. The summed E-state index contributed by atoms with van der Waals surface area (Å²) in [5.74, 6) is -2.55. The summed E-state index contributed by atoms with van der Waals surface area (Å²) < 4.78 is 68.9. The Hall–Kier alpha value is -2.25. The number of carbonyl (C=O) groups excluding carboxylic acids is 1. The molecule has 0 aliphatic carbocycles. The number of alkyl halides is 3. The highest BCUT2D eigenvalue weighted by atomic mass is 19.4. The normalized spacial score (nSPS) is 20.8. The molecule has 8 heteroatoms. The number of carbonyl (C=O) groups is 1. The van der Waals surface area contributed by atoms with Crippen LogP contribution in [0.4, 0.5) is 17.6 Å². The van der Waals surface area contributed by atoms with Gasteiger partial charge in [-0.25, -0.2) is 9.18 Å². The molecule has 2 rings (SSSR count). The third kappa shape index (κ3) is 3.05. The van der Waals surface area contributed by atoms with Crippen molar-refractivity contribution < 1.29 is 36.6 Å². The molecule has 0 aromatic heterocycles. The van der Waals surface area contributed by atoms with Crippen molar-refractivity contribution in [3.05, 3.63) is 35.3 Å². The Bertz CT molecular complexity index is 681.